The highest BCUT2D eigenvalue weighted by Crippen LogP contribution is 2.61. The Kier molecular flexibility index (Phi) is 5.33. The SMILES string of the molecule is CCC1N(C(=O)c2ccccc2-n2nccn2)C2C(Nc3ccc(C(F)(F)F)cn3)CC12CC. The maximum atomic E-state index is 13.8. The van der Waals surface area contributed by atoms with Gasteiger partial charge in [0.25, 0.3) is 5.91 Å². The molecule has 1 saturated carbocycles. The molecule has 34 heavy (non-hydrogen) atoms. The fourth-order valence-electron chi connectivity index (χ4n) is 5.81. The van der Waals surface area contributed by atoms with Crippen LogP contribution in [0.4, 0.5) is 19.0 Å². The van der Waals surface area contributed by atoms with Gasteiger partial charge in [0.1, 0.15) is 5.82 Å². The number of piperidine rings is 1. The summed E-state index contributed by atoms with van der Waals surface area (Å²) < 4.78 is 38.6. The first-order chi connectivity index (χ1) is 16.3. The van der Waals surface area contributed by atoms with Crippen molar-refractivity contribution >= 4 is 11.7 Å². The molecule has 1 aliphatic heterocycles. The monoisotopic (exact) mass is 470 g/mol. The fourth-order valence-corrected chi connectivity index (χ4v) is 5.81. The number of hydrogen-bond acceptors (Lipinski definition) is 5. The van der Waals surface area contributed by atoms with Gasteiger partial charge >= 0.3 is 6.18 Å². The number of fused-ring (bicyclic) bond motifs is 1. The average molecular weight is 470 g/mol. The molecule has 7 nitrogen and oxygen atoms in total. The lowest BCUT2D eigenvalue weighted by Crippen LogP contribution is -2.84. The molecule has 1 N–H and O–H groups in total. The molecular weight excluding hydrogens is 445 g/mol. The Labute approximate surface area is 195 Å². The maximum Gasteiger partial charge on any atom is 0.417 e. The van der Waals surface area contributed by atoms with Gasteiger partial charge in [-0.2, -0.15) is 28.2 Å². The molecule has 3 heterocycles. The number of benzene rings is 1. The number of carbonyl (C=O) groups excluding carboxylic acids is 1. The molecule has 0 spiro atoms. The lowest BCUT2D eigenvalue weighted by atomic mass is 9.48. The zero-order valence-corrected chi connectivity index (χ0v) is 18.8. The average Bonchev–Trinajstić information content (AvgIpc) is 3.35. The van der Waals surface area contributed by atoms with E-state index in [-0.39, 0.29) is 29.4 Å². The predicted molar refractivity (Wildman–Crippen MR) is 119 cm³/mol. The van der Waals surface area contributed by atoms with Crippen LogP contribution in [0.2, 0.25) is 0 Å². The number of aromatic nitrogens is 4. The maximum absolute atomic E-state index is 13.8. The van der Waals surface area contributed by atoms with Gasteiger partial charge in [-0.1, -0.05) is 26.0 Å². The molecule has 2 aliphatic rings. The van der Waals surface area contributed by atoms with E-state index < -0.39 is 11.7 Å². The van der Waals surface area contributed by atoms with E-state index in [9.17, 15) is 18.0 Å². The molecule has 5 rings (SSSR count). The number of nitrogens with one attached hydrogen (secondary N) is 1. The summed E-state index contributed by atoms with van der Waals surface area (Å²) in [6.07, 6.45) is 2.10. The first-order valence-corrected chi connectivity index (χ1v) is 11.4. The largest absolute Gasteiger partial charge is 0.417 e. The number of hydrogen-bond donors (Lipinski definition) is 1. The number of nitrogens with zero attached hydrogens (tertiary/aromatic N) is 5. The molecule has 4 atom stereocenters. The molecular formula is C24H25F3N6O. The van der Waals surface area contributed by atoms with Crippen molar-refractivity contribution in [1.82, 2.24) is 24.9 Å². The van der Waals surface area contributed by atoms with E-state index >= 15 is 0 Å². The zero-order chi connectivity index (χ0) is 24.1. The van der Waals surface area contributed by atoms with Gasteiger partial charge in [-0.25, -0.2) is 4.98 Å². The summed E-state index contributed by atoms with van der Waals surface area (Å²) in [6.45, 7) is 4.21. The Balaban J connectivity index is 1.41. The smallest absolute Gasteiger partial charge is 0.365 e. The van der Waals surface area contributed by atoms with E-state index in [4.69, 9.17) is 0 Å². The second-order valence-electron chi connectivity index (χ2n) is 8.89. The molecule has 1 aliphatic carbocycles. The number of anilines is 1. The number of halogens is 3. The Morgan fingerprint density at radius 2 is 1.88 bits per heavy atom. The van der Waals surface area contributed by atoms with Gasteiger partial charge in [0.2, 0.25) is 0 Å². The van der Waals surface area contributed by atoms with E-state index in [1.165, 1.54) is 10.9 Å². The predicted octanol–water partition coefficient (Wildman–Crippen LogP) is 4.56. The number of amides is 1. The summed E-state index contributed by atoms with van der Waals surface area (Å²) in [5, 5.41) is 11.6. The van der Waals surface area contributed by atoms with Crippen LogP contribution in [0.1, 0.15) is 49.0 Å². The Morgan fingerprint density at radius 1 is 1.15 bits per heavy atom. The second kappa shape index (κ2) is 8.11. The fraction of sp³-hybridized carbons (Fsp3) is 0.417. The van der Waals surface area contributed by atoms with E-state index in [0.717, 1.165) is 31.5 Å². The third-order valence-electron chi connectivity index (χ3n) is 7.34. The molecule has 0 radical (unpaired) electrons. The Hall–Kier alpha value is -3.43. The topological polar surface area (TPSA) is 75.9 Å². The number of alkyl halides is 3. The zero-order valence-electron chi connectivity index (χ0n) is 18.8. The van der Waals surface area contributed by atoms with E-state index in [2.05, 4.69) is 34.3 Å². The molecule has 0 bridgehead atoms. The minimum Gasteiger partial charge on any atom is -0.365 e. The highest BCUT2D eigenvalue weighted by molar-refractivity contribution is 5.99. The van der Waals surface area contributed by atoms with Gasteiger partial charge in [0.15, 0.2) is 0 Å². The molecule has 4 unspecified atom stereocenters. The van der Waals surface area contributed by atoms with Crippen LogP contribution in [-0.4, -0.2) is 48.9 Å². The third-order valence-corrected chi connectivity index (χ3v) is 7.34. The standard InChI is InChI=1S/C24H25F3N6O/c1-3-19-23(4-2)13-17(31-20-10-9-15(14-28-20)24(25,26)27)21(23)32(19)22(34)16-7-5-6-8-18(16)33-29-11-12-30-33/h5-12,14,17,19,21H,3-4,13H2,1-2H3,(H,28,31). The van der Waals surface area contributed by atoms with Gasteiger partial charge in [-0.15, -0.1) is 0 Å². The van der Waals surface area contributed by atoms with Crippen LogP contribution in [0.5, 0.6) is 0 Å². The van der Waals surface area contributed by atoms with Crippen LogP contribution < -0.4 is 5.32 Å². The summed E-state index contributed by atoms with van der Waals surface area (Å²) in [5.74, 6) is 0.275. The number of para-hydroxylation sites is 1. The van der Waals surface area contributed by atoms with Gasteiger partial charge < -0.3 is 10.2 Å². The summed E-state index contributed by atoms with van der Waals surface area (Å²) in [5.41, 5.74) is 0.326. The van der Waals surface area contributed by atoms with Crippen LogP contribution in [-0.2, 0) is 6.18 Å². The van der Waals surface area contributed by atoms with Crippen molar-refractivity contribution in [2.45, 2.75) is 57.4 Å². The number of pyridine rings is 1. The van der Waals surface area contributed by atoms with Crippen molar-refractivity contribution in [2.24, 2.45) is 5.41 Å². The van der Waals surface area contributed by atoms with E-state index in [1.807, 2.05) is 23.1 Å². The molecule has 3 aromatic rings. The van der Waals surface area contributed by atoms with Crippen LogP contribution >= 0.6 is 0 Å². The van der Waals surface area contributed by atoms with Gasteiger partial charge in [0, 0.05) is 23.7 Å². The second-order valence-corrected chi connectivity index (χ2v) is 8.89. The summed E-state index contributed by atoms with van der Waals surface area (Å²) >= 11 is 0. The quantitative estimate of drug-likeness (QED) is 0.572. The highest BCUT2D eigenvalue weighted by Gasteiger charge is 2.70. The summed E-state index contributed by atoms with van der Waals surface area (Å²) in [7, 11) is 0. The van der Waals surface area contributed by atoms with Crippen LogP contribution in [0.3, 0.4) is 0 Å². The van der Waals surface area contributed by atoms with E-state index in [0.29, 0.717) is 17.1 Å². The summed E-state index contributed by atoms with van der Waals surface area (Å²) in [4.78, 5) is 21.1. The lowest BCUT2D eigenvalue weighted by molar-refractivity contribution is -0.189. The molecule has 2 fully saturated rings. The lowest BCUT2D eigenvalue weighted by Gasteiger charge is -2.73. The molecule has 178 valence electrons. The van der Waals surface area contributed by atoms with Crippen LogP contribution in [0.15, 0.2) is 55.0 Å². The first kappa shape index (κ1) is 22.4. The normalized spacial score (nSPS) is 25.8. The minimum atomic E-state index is -4.43. The number of likely N-dealkylation sites (tertiary alicyclic amines) is 1. The van der Waals surface area contributed by atoms with Crippen molar-refractivity contribution in [3.05, 3.63) is 66.1 Å². The molecule has 1 aromatic carbocycles. The Bertz CT molecular complexity index is 1180. The minimum absolute atomic E-state index is 0.00706. The highest BCUT2D eigenvalue weighted by atomic mass is 19.4. The van der Waals surface area contributed by atoms with Crippen molar-refractivity contribution in [1.29, 1.82) is 0 Å². The van der Waals surface area contributed by atoms with Crippen molar-refractivity contribution in [3.63, 3.8) is 0 Å². The van der Waals surface area contributed by atoms with Crippen molar-refractivity contribution in [3.8, 4) is 5.69 Å². The van der Waals surface area contributed by atoms with Gasteiger partial charge in [0.05, 0.1) is 35.2 Å². The van der Waals surface area contributed by atoms with Crippen molar-refractivity contribution < 1.29 is 18.0 Å². The molecule has 10 heteroatoms. The molecule has 2 aromatic heterocycles. The van der Waals surface area contributed by atoms with Crippen LogP contribution in [0.25, 0.3) is 5.69 Å². The first-order valence-electron chi connectivity index (χ1n) is 11.4. The summed E-state index contributed by atoms with van der Waals surface area (Å²) in [6, 6.07) is 9.53. The van der Waals surface area contributed by atoms with Gasteiger partial charge in [-0.05, 0) is 43.5 Å². The van der Waals surface area contributed by atoms with Gasteiger partial charge in [-0.3, -0.25) is 4.79 Å². The molecule has 1 saturated heterocycles. The van der Waals surface area contributed by atoms with Crippen molar-refractivity contribution in [2.75, 3.05) is 5.32 Å². The molecule has 1 amide bonds. The number of carbonyl (C=O) groups is 1. The van der Waals surface area contributed by atoms with E-state index in [1.54, 1.807) is 18.5 Å². The third kappa shape index (κ3) is 3.35. The Morgan fingerprint density at radius 3 is 2.50 bits per heavy atom. The van der Waals surface area contributed by atoms with Crippen LogP contribution in [0, 0.1) is 5.41 Å². The number of rotatable bonds is 6.